The fraction of sp³-hybridized carbons (Fsp3) is 0.185. The van der Waals surface area contributed by atoms with Gasteiger partial charge in [0, 0.05) is 36.7 Å². The van der Waals surface area contributed by atoms with E-state index in [-0.39, 0.29) is 11.3 Å². The van der Waals surface area contributed by atoms with Crippen LogP contribution < -0.4 is 11.0 Å². The van der Waals surface area contributed by atoms with Crippen molar-refractivity contribution in [3.8, 4) is 16.8 Å². The summed E-state index contributed by atoms with van der Waals surface area (Å²) in [5.74, 6) is -2.73. The molecule has 188 valence electrons. The zero-order valence-electron chi connectivity index (χ0n) is 20.5. The molecule has 0 bridgehead atoms. The van der Waals surface area contributed by atoms with Crippen molar-refractivity contribution in [1.29, 1.82) is 0 Å². The number of hydrogen-bond donors (Lipinski definition) is 1. The highest BCUT2D eigenvalue weighted by Gasteiger charge is 2.28. The quantitative estimate of drug-likeness (QED) is 0.348. The Kier molecular flexibility index (Phi) is 5.74. The number of anilines is 1. The summed E-state index contributed by atoms with van der Waals surface area (Å²) in [5.41, 5.74) is 3.54. The topological polar surface area (TPSA) is 91.0 Å². The number of carbonyl (C=O) groups is 1. The molecule has 1 amide bonds. The minimum atomic E-state index is -3.06. The number of aryl methyl sites for hydroxylation is 1. The molecule has 8 nitrogen and oxygen atoms in total. The van der Waals surface area contributed by atoms with Crippen molar-refractivity contribution in [2.24, 2.45) is 7.05 Å². The molecule has 2 aromatic carbocycles. The minimum absolute atomic E-state index is 0.139. The van der Waals surface area contributed by atoms with E-state index >= 15 is 0 Å². The van der Waals surface area contributed by atoms with Gasteiger partial charge >= 0.3 is 11.8 Å². The summed E-state index contributed by atoms with van der Waals surface area (Å²) in [5, 5.41) is 3.18. The van der Waals surface area contributed by atoms with E-state index in [2.05, 4.69) is 20.0 Å². The Labute approximate surface area is 210 Å². The van der Waals surface area contributed by atoms with Gasteiger partial charge in [0.05, 0.1) is 35.5 Å². The number of fused-ring (bicyclic) bond motifs is 3. The maximum Gasteiger partial charge on any atom is 0.412 e. The number of aromatic nitrogens is 4. The molecule has 5 rings (SSSR count). The Balaban J connectivity index is 1.73. The number of pyridine rings is 2. The molecular weight excluding hydrogens is 480 g/mol. The number of imidazole rings is 1. The first-order valence-corrected chi connectivity index (χ1v) is 11.4. The molecule has 5 aromatic rings. The average Bonchev–Trinajstić information content (AvgIpc) is 3.13. The van der Waals surface area contributed by atoms with Crippen LogP contribution in [-0.4, -0.2) is 32.3 Å². The van der Waals surface area contributed by atoms with E-state index in [9.17, 15) is 18.4 Å². The molecule has 37 heavy (non-hydrogen) atoms. The molecule has 3 heterocycles. The molecule has 0 radical (unpaired) electrons. The SMILES string of the molecule is COC(=O)Nc1ccc(-c2ccc3ncc4c(c3c2)n(-c2cccc(C(C)(F)F)c2C)c(=O)n4C)cn1. The monoisotopic (exact) mass is 503 g/mol. The van der Waals surface area contributed by atoms with Crippen LogP contribution >= 0.6 is 0 Å². The highest BCUT2D eigenvalue weighted by Crippen LogP contribution is 2.34. The third kappa shape index (κ3) is 4.10. The number of ether oxygens (including phenoxy) is 1. The van der Waals surface area contributed by atoms with Crippen LogP contribution in [0, 0.1) is 6.92 Å². The fourth-order valence-corrected chi connectivity index (χ4v) is 4.54. The van der Waals surface area contributed by atoms with Crippen LogP contribution in [-0.2, 0) is 17.7 Å². The Morgan fingerprint density at radius 1 is 1.05 bits per heavy atom. The summed E-state index contributed by atoms with van der Waals surface area (Å²) in [7, 11) is 2.89. The Hall–Kier alpha value is -4.60. The first kappa shape index (κ1) is 24.1. The second-order valence-electron chi connectivity index (χ2n) is 8.79. The Morgan fingerprint density at radius 3 is 2.49 bits per heavy atom. The van der Waals surface area contributed by atoms with Gasteiger partial charge in [0.2, 0.25) is 0 Å². The summed E-state index contributed by atoms with van der Waals surface area (Å²) in [6, 6.07) is 13.6. The Bertz CT molecular complexity index is 1730. The zero-order chi connectivity index (χ0) is 26.5. The molecule has 0 saturated carbocycles. The van der Waals surface area contributed by atoms with Crippen LogP contribution in [0.2, 0.25) is 0 Å². The number of nitrogens with zero attached hydrogens (tertiary/aromatic N) is 4. The second kappa shape index (κ2) is 8.81. The maximum atomic E-state index is 14.3. The molecule has 3 aromatic heterocycles. The lowest BCUT2D eigenvalue weighted by Crippen LogP contribution is -2.22. The first-order valence-electron chi connectivity index (χ1n) is 11.4. The van der Waals surface area contributed by atoms with Gasteiger partial charge in [-0.3, -0.25) is 19.4 Å². The normalized spacial score (nSPS) is 11.7. The molecular formula is C27H23F2N5O3. The van der Waals surface area contributed by atoms with Crippen LogP contribution in [0.15, 0.2) is 65.7 Å². The molecule has 10 heteroatoms. The third-order valence-corrected chi connectivity index (χ3v) is 6.41. The number of carbonyl (C=O) groups excluding carboxylic acids is 1. The van der Waals surface area contributed by atoms with Crippen molar-refractivity contribution in [2.75, 3.05) is 12.4 Å². The summed E-state index contributed by atoms with van der Waals surface area (Å²) >= 11 is 0. The van der Waals surface area contributed by atoms with Crippen molar-refractivity contribution < 1.29 is 18.3 Å². The van der Waals surface area contributed by atoms with Crippen molar-refractivity contribution >= 4 is 33.8 Å². The number of rotatable bonds is 4. The zero-order valence-corrected chi connectivity index (χ0v) is 20.5. The van der Waals surface area contributed by atoms with E-state index in [4.69, 9.17) is 0 Å². The first-order chi connectivity index (χ1) is 17.6. The molecule has 0 unspecified atom stereocenters. The lowest BCUT2D eigenvalue weighted by Gasteiger charge is -2.17. The summed E-state index contributed by atoms with van der Waals surface area (Å²) in [6.45, 7) is 2.44. The minimum Gasteiger partial charge on any atom is -0.453 e. The number of nitrogens with one attached hydrogen (secondary N) is 1. The van der Waals surface area contributed by atoms with Gasteiger partial charge in [-0.25, -0.2) is 23.4 Å². The predicted molar refractivity (Wildman–Crippen MR) is 137 cm³/mol. The molecule has 0 atom stereocenters. The largest absolute Gasteiger partial charge is 0.453 e. The second-order valence-corrected chi connectivity index (χ2v) is 8.79. The molecule has 0 aliphatic heterocycles. The van der Waals surface area contributed by atoms with E-state index in [0.29, 0.717) is 39.0 Å². The maximum absolute atomic E-state index is 14.3. The smallest absolute Gasteiger partial charge is 0.412 e. The molecule has 0 fully saturated rings. The molecule has 0 aliphatic rings. The van der Waals surface area contributed by atoms with E-state index in [1.165, 1.54) is 28.4 Å². The van der Waals surface area contributed by atoms with Gasteiger partial charge in [-0.1, -0.05) is 18.2 Å². The predicted octanol–water partition coefficient (Wildman–Crippen LogP) is 5.54. The van der Waals surface area contributed by atoms with Crippen LogP contribution in [0.5, 0.6) is 0 Å². The van der Waals surface area contributed by atoms with Gasteiger partial charge < -0.3 is 4.74 Å². The number of alkyl halides is 2. The van der Waals surface area contributed by atoms with E-state index in [1.54, 1.807) is 44.6 Å². The number of amides is 1. The lowest BCUT2D eigenvalue weighted by atomic mass is 10.0. The number of hydrogen-bond acceptors (Lipinski definition) is 5. The van der Waals surface area contributed by atoms with Gasteiger partial charge in [0.1, 0.15) is 5.82 Å². The Morgan fingerprint density at radius 2 is 1.81 bits per heavy atom. The number of benzene rings is 2. The van der Waals surface area contributed by atoms with Crippen molar-refractivity contribution in [3.05, 3.63) is 82.5 Å². The van der Waals surface area contributed by atoms with Crippen LogP contribution in [0.3, 0.4) is 0 Å². The average molecular weight is 504 g/mol. The third-order valence-electron chi connectivity index (χ3n) is 6.41. The van der Waals surface area contributed by atoms with Gasteiger partial charge in [-0.15, -0.1) is 0 Å². The molecule has 1 N–H and O–H groups in total. The highest BCUT2D eigenvalue weighted by atomic mass is 19.3. The van der Waals surface area contributed by atoms with Gasteiger partial charge in [0.25, 0.3) is 5.92 Å². The van der Waals surface area contributed by atoms with E-state index < -0.39 is 12.0 Å². The summed E-state index contributed by atoms with van der Waals surface area (Å²) in [6.07, 6.45) is 2.59. The van der Waals surface area contributed by atoms with Gasteiger partial charge in [-0.2, -0.15) is 0 Å². The van der Waals surface area contributed by atoms with E-state index in [1.807, 2.05) is 18.2 Å². The fourth-order valence-electron chi connectivity index (χ4n) is 4.54. The van der Waals surface area contributed by atoms with Crippen LogP contribution in [0.4, 0.5) is 19.4 Å². The molecule has 0 spiro atoms. The summed E-state index contributed by atoms with van der Waals surface area (Å²) < 4.78 is 36.1. The summed E-state index contributed by atoms with van der Waals surface area (Å²) in [4.78, 5) is 33.6. The van der Waals surface area contributed by atoms with E-state index in [0.717, 1.165) is 18.1 Å². The van der Waals surface area contributed by atoms with Crippen LogP contribution in [0.25, 0.3) is 38.8 Å². The molecule has 0 saturated heterocycles. The highest BCUT2D eigenvalue weighted by molar-refractivity contribution is 6.04. The van der Waals surface area contributed by atoms with Gasteiger partial charge in [-0.05, 0) is 48.4 Å². The van der Waals surface area contributed by atoms with Crippen molar-refractivity contribution in [1.82, 2.24) is 19.1 Å². The van der Waals surface area contributed by atoms with Crippen LogP contribution in [0.1, 0.15) is 18.1 Å². The number of halogens is 2. The van der Waals surface area contributed by atoms with Crippen molar-refractivity contribution in [3.63, 3.8) is 0 Å². The van der Waals surface area contributed by atoms with Crippen molar-refractivity contribution in [2.45, 2.75) is 19.8 Å². The molecule has 0 aliphatic carbocycles. The standard InChI is InChI=1S/C27H23F2N5O3/c1-15-19(27(2,28)29)6-5-7-21(15)34-24-18-12-16(17-9-11-23(31-13-17)32-25(35)37-4)8-10-20(18)30-14-22(24)33(3)26(34)36/h5-14H,1-4H3,(H,31,32,35). The lowest BCUT2D eigenvalue weighted by molar-refractivity contribution is 0.0168. The number of methoxy groups -OCH3 is 1. The van der Waals surface area contributed by atoms with Gasteiger partial charge in [0.15, 0.2) is 0 Å².